The van der Waals surface area contributed by atoms with Crippen molar-refractivity contribution in [3.05, 3.63) is 83.9 Å². The third-order valence-corrected chi connectivity index (χ3v) is 5.17. The summed E-state index contributed by atoms with van der Waals surface area (Å²) in [4.78, 5) is 20.9. The number of halogens is 1. The van der Waals surface area contributed by atoms with Crippen molar-refractivity contribution < 1.29 is 9.18 Å². The molecule has 0 radical (unpaired) electrons. The number of carbonyl (C=O) groups is 1. The van der Waals surface area contributed by atoms with Crippen molar-refractivity contribution in [1.82, 2.24) is 9.88 Å². The van der Waals surface area contributed by atoms with Crippen LogP contribution in [0, 0.1) is 12.7 Å². The molecule has 1 aliphatic rings. The highest BCUT2D eigenvalue weighted by atomic mass is 19.1. The molecule has 1 amide bonds. The first-order valence-electron chi connectivity index (χ1n) is 9.69. The quantitative estimate of drug-likeness (QED) is 0.724. The van der Waals surface area contributed by atoms with Gasteiger partial charge >= 0.3 is 0 Å². The SMILES string of the molecule is Cc1ccccc1Nc1ccc(C(=O)N2CCN(c3ccccc3F)CC2)nc1. The number of benzene rings is 2. The van der Waals surface area contributed by atoms with E-state index >= 15 is 0 Å². The van der Waals surface area contributed by atoms with Crippen LogP contribution in [0.1, 0.15) is 16.1 Å². The lowest BCUT2D eigenvalue weighted by Gasteiger charge is -2.36. The molecule has 0 bridgehead atoms. The van der Waals surface area contributed by atoms with E-state index in [2.05, 4.69) is 10.3 Å². The van der Waals surface area contributed by atoms with Crippen LogP contribution in [0.15, 0.2) is 66.9 Å². The first-order valence-corrected chi connectivity index (χ1v) is 9.69. The van der Waals surface area contributed by atoms with Crippen molar-refractivity contribution in [3.63, 3.8) is 0 Å². The van der Waals surface area contributed by atoms with Crippen LogP contribution in [-0.2, 0) is 0 Å². The summed E-state index contributed by atoms with van der Waals surface area (Å²) in [7, 11) is 0. The Balaban J connectivity index is 1.38. The van der Waals surface area contributed by atoms with E-state index in [9.17, 15) is 9.18 Å². The van der Waals surface area contributed by atoms with E-state index < -0.39 is 0 Å². The monoisotopic (exact) mass is 390 g/mol. The summed E-state index contributed by atoms with van der Waals surface area (Å²) < 4.78 is 14.0. The molecule has 1 aromatic heterocycles. The number of anilines is 3. The van der Waals surface area contributed by atoms with Gasteiger partial charge < -0.3 is 15.1 Å². The molecular formula is C23H23FN4O. The average Bonchev–Trinajstić information content (AvgIpc) is 2.76. The number of carbonyl (C=O) groups excluding carboxylic acids is 1. The zero-order valence-corrected chi connectivity index (χ0v) is 16.3. The number of aromatic nitrogens is 1. The Morgan fingerprint density at radius 2 is 1.69 bits per heavy atom. The van der Waals surface area contributed by atoms with Crippen LogP contribution in [0.3, 0.4) is 0 Å². The minimum Gasteiger partial charge on any atom is -0.366 e. The minimum atomic E-state index is -0.231. The Kier molecular flexibility index (Phi) is 5.42. The third kappa shape index (κ3) is 4.21. The van der Waals surface area contributed by atoms with Crippen LogP contribution >= 0.6 is 0 Å². The molecule has 1 N–H and O–H groups in total. The molecule has 4 rings (SSSR count). The third-order valence-electron chi connectivity index (χ3n) is 5.17. The Bertz CT molecular complexity index is 998. The van der Waals surface area contributed by atoms with Gasteiger partial charge in [-0.3, -0.25) is 4.79 Å². The van der Waals surface area contributed by atoms with Crippen molar-refractivity contribution in [2.45, 2.75) is 6.92 Å². The molecule has 2 aromatic carbocycles. The van der Waals surface area contributed by atoms with Gasteiger partial charge in [0.1, 0.15) is 11.5 Å². The second-order valence-electron chi connectivity index (χ2n) is 7.10. The van der Waals surface area contributed by atoms with Gasteiger partial charge in [0.05, 0.1) is 17.6 Å². The standard InChI is InChI=1S/C23H23FN4O/c1-17-6-2-4-8-20(17)26-18-10-11-21(25-16-18)23(29)28-14-12-27(13-15-28)22-9-5-3-7-19(22)24/h2-11,16,26H,12-15H2,1H3. The van der Waals surface area contributed by atoms with Crippen LogP contribution in [0.4, 0.5) is 21.5 Å². The number of para-hydroxylation sites is 2. The molecule has 2 heterocycles. The highest BCUT2D eigenvalue weighted by Crippen LogP contribution is 2.22. The highest BCUT2D eigenvalue weighted by molar-refractivity contribution is 5.92. The molecule has 0 unspecified atom stereocenters. The number of nitrogens with zero attached hydrogens (tertiary/aromatic N) is 3. The Morgan fingerprint density at radius 1 is 0.966 bits per heavy atom. The van der Waals surface area contributed by atoms with E-state index in [-0.39, 0.29) is 11.7 Å². The van der Waals surface area contributed by atoms with E-state index in [1.165, 1.54) is 6.07 Å². The van der Waals surface area contributed by atoms with Gasteiger partial charge in [-0.15, -0.1) is 0 Å². The average molecular weight is 390 g/mol. The van der Waals surface area contributed by atoms with Gasteiger partial charge in [0.15, 0.2) is 0 Å². The number of piperazine rings is 1. The van der Waals surface area contributed by atoms with Gasteiger partial charge in [0, 0.05) is 31.9 Å². The van der Waals surface area contributed by atoms with Gasteiger partial charge in [-0.25, -0.2) is 9.37 Å². The molecule has 1 saturated heterocycles. The fourth-order valence-electron chi connectivity index (χ4n) is 3.48. The van der Waals surface area contributed by atoms with E-state index in [0.717, 1.165) is 16.9 Å². The predicted octanol–water partition coefficient (Wildman–Crippen LogP) is 4.24. The van der Waals surface area contributed by atoms with Crippen LogP contribution < -0.4 is 10.2 Å². The normalized spacial score (nSPS) is 14.0. The fourth-order valence-corrected chi connectivity index (χ4v) is 3.48. The molecule has 6 heteroatoms. The number of nitrogens with one attached hydrogen (secondary N) is 1. The zero-order chi connectivity index (χ0) is 20.2. The van der Waals surface area contributed by atoms with Crippen molar-refractivity contribution in [1.29, 1.82) is 0 Å². The molecule has 0 aliphatic carbocycles. The topological polar surface area (TPSA) is 48.5 Å². The smallest absolute Gasteiger partial charge is 0.272 e. The summed E-state index contributed by atoms with van der Waals surface area (Å²) in [6.07, 6.45) is 1.68. The molecule has 1 aliphatic heterocycles. The van der Waals surface area contributed by atoms with Crippen molar-refractivity contribution in [2.24, 2.45) is 0 Å². The maximum atomic E-state index is 14.0. The van der Waals surface area contributed by atoms with Crippen molar-refractivity contribution >= 4 is 23.0 Å². The summed E-state index contributed by atoms with van der Waals surface area (Å²) in [6, 6.07) is 18.4. The Hall–Kier alpha value is -3.41. The molecule has 0 saturated carbocycles. The lowest BCUT2D eigenvalue weighted by atomic mass is 10.2. The summed E-state index contributed by atoms with van der Waals surface area (Å²) in [5.41, 5.74) is 3.99. The van der Waals surface area contributed by atoms with E-state index in [1.807, 2.05) is 48.2 Å². The van der Waals surface area contributed by atoms with Crippen LogP contribution in [-0.4, -0.2) is 42.0 Å². The zero-order valence-electron chi connectivity index (χ0n) is 16.3. The number of aryl methyl sites for hydroxylation is 1. The maximum Gasteiger partial charge on any atom is 0.272 e. The number of hydrogen-bond donors (Lipinski definition) is 1. The van der Waals surface area contributed by atoms with Crippen molar-refractivity contribution in [3.8, 4) is 0 Å². The van der Waals surface area contributed by atoms with Gasteiger partial charge in [-0.05, 0) is 42.8 Å². The number of amides is 1. The lowest BCUT2D eigenvalue weighted by Crippen LogP contribution is -2.49. The van der Waals surface area contributed by atoms with Crippen molar-refractivity contribution in [2.75, 3.05) is 36.4 Å². The molecule has 1 fully saturated rings. The molecular weight excluding hydrogens is 367 g/mol. The summed E-state index contributed by atoms with van der Waals surface area (Å²) in [5.74, 6) is -0.327. The van der Waals surface area contributed by atoms with E-state index in [1.54, 1.807) is 29.3 Å². The fraction of sp³-hybridized carbons (Fsp3) is 0.217. The number of pyridine rings is 1. The maximum absolute atomic E-state index is 14.0. The minimum absolute atomic E-state index is 0.0966. The lowest BCUT2D eigenvalue weighted by molar-refractivity contribution is 0.0741. The summed E-state index contributed by atoms with van der Waals surface area (Å²) >= 11 is 0. The Labute approximate surface area is 169 Å². The van der Waals surface area contributed by atoms with Gasteiger partial charge in [-0.1, -0.05) is 30.3 Å². The Morgan fingerprint density at radius 3 is 2.38 bits per heavy atom. The molecule has 148 valence electrons. The highest BCUT2D eigenvalue weighted by Gasteiger charge is 2.24. The van der Waals surface area contributed by atoms with Gasteiger partial charge in [0.25, 0.3) is 5.91 Å². The molecule has 0 spiro atoms. The second kappa shape index (κ2) is 8.31. The summed E-state index contributed by atoms with van der Waals surface area (Å²) in [5, 5.41) is 3.32. The first-order chi connectivity index (χ1) is 14.1. The van der Waals surface area contributed by atoms with Gasteiger partial charge in [-0.2, -0.15) is 0 Å². The van der Waals surface area contributed by atoms with Crippen LogP contribution in [0.25, 0.3) is 0 Å². The largest absolute Gasteiger partial charge is 0.366 e. The molecule has 5 nitrogen and oxygen atoms in total. The molecule has 3 aromatic rings. The second-order valence-corrected chi connectivity index (χ2v) is 7.10. The van der Waals surface area contributed by atoms with E-state index in [0.29, 0.717) is 37.6 Å². The predicted molar refractivity (Wildman–Crippen MR) is 113 cm³/mol. The van der Waals surface area contributed by atoms with Crippen LogP contribution in [0.2, 0.25) is 0 Å². The first kappa shape index (κ1) is 18.9. The van der Waals surface area contributed by atoms with Crippen LogP contribution in [0.5, 0.6) is 0 Å². The number of hydrogen-bond acceptors (Lipinski definition) is 4. The molecule has 0 atom stereocenters. The van der Waals surface area contributed by atoms with E-state index in [4.69, 9.17) is 0 Å². The van der Waals surface area contributed by atoms with Gasteiger partial charge in [0.2, 0.25) is 0 Å². The number of rotatable bonds is 4. The molecule has 29 heavy (non-hydrogen) atoms. The summed E-state index contributed by atoms with van der Waals surface area (Å²) in [6.45, 7) is 4.31.